The maximum absolute atomic E-state index is 4.98. The second-order valence-corrected chi connectivity index (χ2v) is 4.03. The van der Waals surface area contributed by atoms with Crippen molar-refractivity contribution in [1.29, 1.82) is 0 Å². The number of guanidine groups is 1. The van der Waals surface area contributed by atoms with E-state index in [4.69, 9.17) is 4.74 Å². The van der Waals surface area contributed by atoms with Gasteiger partial charge in [-0.2, -0.15) is 0 Å². The lowest BCUT2D eigenvalue weighted by molar-refractivity contribution is 0.203. The zero-order valence-electron chi connectivity index (χ0n) is 11.2. The minimum absolute atomic E-state index is 0.472. The van der Waals surface area contributed by atoms with Crippen molar-refractivity contribution in [1.82, 2.24) is 10.6 Å². The van der Waals surface area contributed by atoms with Crippen LogP contribution >= 0.6 is 0 Å². The van der Waals surface area contributed by atoms with Crippen LogP contribution in [0.1, 0.15) is 39.5 Å². The Morgan fingerprint density at radius 1 is 1.38 bits per heavy atom. The van der Waals surface area contributed by atoms with E-state index in [9.17, 15) is 0 Å². The quantitative estimate of drug-likeness (QED) is 0.379. The molecule has 0 aliphatic heterocycles. The van der Waals surface area contributed by atoms with E-state index in [1.807, 2.05) is 0 Å². The van der Waals surface area contributed by atoms with Crippen molar-refractivity contribution in [2.45, 2.75) is 45.6 Å². The molecule has 4 heteroatoms. The fourth-order valence-corrected chi connectivity index (χ4v) is 1.47. The van der Waals surface area contributed by atoms with Gasteiger partial charge in [0.25, 0.3) is 0 Å². The molecule has 0 aliphatic carbocycles. The molecule has 0 aromatic heterocycles. The highest BCUT2D eigenvalue weighted by molar-refractivity contribution is 5.79. The van der Waals surface area contributed by atoms with Gasteiger partial charge < -0.3 is 15.4 Å². The topological polar surface area (TPSA) is 45.7 Å². The number of methoxy groups -OCH3 is 1. The Bertz CT molecular complexity index is 183. The van der Waals surface area contributed by atoms with E-state index in [2.05, 4.69) is 29.5 Å². The largest absolute Gasteiger partial charge is 0.383 e. The highest BCUT2D eigenvalue weighted by Gasteiger charge is 2.03. The number of hydrogen-bond donors (Lipinski definition) is 2. The van der Waals surface area contributed by atoms with Gasteiger partial charge in [0.05, 0.1) is 6.61 Å². The van der Waals surface area contributed by atoms with Crippen molar-refractivity contribution < 1.29 is 4.74 Å². The lowest BCUT2D eigenvalue weighted by Crippen LogP contribution is -2.43. The van der Waals surface area contributed by atoms with Gasteiger partial charge in [0, 0.05) is 26.7 Å². The smallest absolute Gasteiger partial charge is 0.191 e. The third-order valence-electron chi connectivity index (χ3n) is 2.45. The molecule has 96 valence electrons. The Balaban J connectivity index is 3.66. The molecule has 0 rings (SSSR count). The zero-order valence-corrected chi connectivity index (χ0v) is 11.2. The average Bonchev–Trinajstić information content (AvgIpc) is 2.28. The van der Waals surface area contributed by atoms with Crippen LogP contribution < -0.4 is 10.6 Å². The van der Waals surface area contributed by atoms with Crippen molar-refractivity contribution in [2.24, 2.45) is 4.99 Å². The molecular formula is C12H27N3O. The van der Waals surface area contributed by atoms with Crippen molar-refractivity contribution in [3.63, 3.8) is 0 Å². The van der Waals surface area contributed by atoms with Crippen LogP contribution in [0.4, 0.5) is 0 Å². The molecule has 0 aliphatic rings. The highest BCUT2D eigenvalue weighted by Crippen LogP contribution is 2.02. The Labute approximate surface area is 99.9 Å². The third-order valence-corrected chi connectivity index (χ3v) is 2.45. The number of hydrogen-bond acceptors (Lipinski definition) is 2. The summed E-state index contributed by atoms with van der Waals surface area (Å²) in [7, 11) is 3.49. The standard InChI is InChI=1S/C12H27N3O/c1-5-6-7-8-11(2)15-12(13-3)14-9-10-16-4/h11H,5-10H2,1-4H3,(H2,13,14,15). The number of nitrogens with zero attached hydrogens (tertiary/aromatic N) is 1. The Morgan fingerprint density at radius 3 is 2.69 bits per heavy atom. The molecule has 0 heterocycles. The molecular weight excluding hydrogens is 202 g/mol. The first-order valence-electron chi connectivity index (χ1n) is 6.20. The fraction of sp³-hybridized carbons (Fsp3) is 0.917. The first-order chi connectivity index (χ1) is 7.74. The van der Waals surface area contributed by atoms with Crippen molar-refractivity contribution in [3.05, 3.63) is 0 Å². The molecule has 1 atom stereocenters. The van der Waals surface area contributed by atoms with Crippen LogP contribution in [-0.4, -0.2) is 39.3 Å². The predicted octanol–water partition coefficient (Wildman–Crippen LogP) is 1.77. The Morgan fingerprint density at radius 2 is 2.12 bits per heavy atom. The molecule has 0 saturated heterocycles. The molecule has 0 aromatic rings. The SMILES string of the molecule is CCCCCC(C)NC(=NC)NCCOC. The van der Waals surface area contributed by atoms with E-state index in [1.54, 1.807) is 14.2 Å². The van der Waals surface area contributed by atoms with Gasteiger partial charge in [0.15, 0.2) is 5.96 Å². The summed E-state index contributed by atoms with van der Waals surface area (Å²) in [5, 5.41) is 6.57. The normalized spacial score (nSPS) is 13.6. The lowest BCUT2D eigenvalue weighted by Gasteiger charge is -2.17. The van der Waals surface area contributed by atoms with Crippen molar-refractivity contribution in [3.8, 4) is 0 Å². The van der Waals surface area contributed by atoms with Gasteiger partial charge in [-0.3, -0.25) is 4.99 Å². The molecule has 0 amide bonds. The zero-order chi connectivity index (χ0) is 12.2. The summed E-state index contributed by atoms with van der Waals surface area (Å²) >= 11 is 0. The molecule has 0 spiro atoms. The van der Waals surface area contributed by atoms with Crippen LogP contribution in [0.15, 0.2) is 4.99 Å². The second-order valence-electron chi connectivity index (χ2n) is 4.03. The summed E-state index contributed by atoms with van der Waals surface area (Å²) in [6, 6.07) is 0.472. The van der Waals surface area contributed by atoms with Crippen molar-refractivity contribution in [2.75, 3.05) is 27.3 Å². The molecule has 4 nitrogen and oxygen atoms in total. The maximum Gasteiger partial charge on any atom is 0.191 e. The number of aliphatic imine (C=N–C) groups is 1. The molecule has 2 N–H and O–H groups in total. The highest BCUT2D eigenvalue weighted by atomic mass is 16.5. The minimum atomic E-state index is 0.472. The third kappa shape index (κ3) is 8.53. The molecule has 0 bridgehead atoms. The van der Waals surface area contributed by atoms with E-state index < -0.39 is 0 Å². The Hall–Kier alpha value is -0.770. The molecule has 1 unspecified atom stereocenters. The lowest BCUT2D eigenvalue weighted by atomic mass is 10.1. The van der Waals surface area contributed by atoms with Gasteiger partial charge in [0.2, 0.25) is 0 Å². The van der Waals surface area contributed by atoms with Gasteiger partial charge in [-0.15, -0.1) is 0 Å². The molecule has 0 radical (unpaired) electrons. The molecule has 0 aromatic carbocycles. The van der Waals surface area contributed by atoms with Crippen LogP contribution in [0.25, 0.3) is 0 Å². The number of unbranched alkanes of at least 4 members (excludes halogenated alkanes) is 2. The average molecular weight is 229 g/mol. The van der Waals surface area contributed by atoms with Crippen LogP contribution in [0.3, 0.4) is 0 Å². The first-order valence-corrected chi connectivity index (χ1v) is 6.20. The summed E-state index contributed by atoms with van der Waals surface area (Å²) < 4.78 is 4.98. The van der Waals surface area contributed by atoms with Crippen LogP contribution in [0.5, 0.6) is 0 Å². The van der Waals surface area contributed by atoms with Crippen LogP contribution in [-0.2, 0) is 4.74 Å². The molecule has 0 fully saturated rings. The summed E-state index contributed by atoms with van der Waals surface area (Å²) in [4.78, 5) is 4.17. The van der Waals surface area contributed by atoms with Crippen molar-refractivity contribution >= 4 is 5.96 Å². The predicted molar refractivity (Wildman–Crippen MR) is 70.0 cm³/mol. The fourth-order valence-electron chi connectivity index (χ4n) is 1.47. The minimum Gasteiger partial charge on any atom is -0.383 e. The number of ether oxygens (including phenoxy) is 1. The van der Waals surface area contributed by atoms with Crippen LogP contribution in [0.2, 0.25) is 0 Å². The van der Waals surface area contributed by atoms with Gasteiger partial charge >= 0.3 is 0 Å². The molecule has 0 saturated carbocycles. The van der Waals surface area contributed by atoms with Gasteiger partial charge in [-0.25, -0.2) is 0 Å². The summed E-state index contributed by atoms with van der Waals surface area (Å²) in [5.74, 6) is 0.862. The summed E-state index contributed by atoms with van der Waals surface area (Å²) in [6.07, 6.45) is 5.05. The van der Waals surface area contributed by atoms with E-state index in [0.29, 0.717) is 12.6 Å². The second kappa shape index (κ2) is 10.7. The van der Waals surface area contributed by atoms with Gasteiger partial charge in [-0.1, -0.05) is 26.2 Å². The maximum atomic E-state index is 4.98. The van der Waals surface area contributed by atoms with Crippen LogP contribution in [0, 0.1) is 0 Å². The van der Waals surface area contributed by atoms with Gasteiger partial charge in [0.1, 0.15) is 0 Å². The van der Waals surface area contributed by atoms with E-state index in [0.717, 1.165) is 12.5 Å². The number of rotatable bonds is 8. The molecule has 16 heavy (non-hydrogen) atoms. The first kappa shape index (κ1) is 15.2. The van der Waals surface area contributed by atoms with Gasteiger partial charge in [-0.05, 0) is 13.3 Å². The number of nitrogens with one attached hydrogen (secondary N) is 2. The monoisotopic (exact) mass is 229 g/mol. The van der Waals surface area contributed by atoms with E-state index in [1.165, 1.54) is 25.7 Å². The van der Waals surface area contributed by atoms with E-state index in [-0.39, 0.29) is 0 Å². The van der Waals surface area contributed by atoms with E-state index >= 15 is 0 Å². The summed E-state index contributed by atoms with van der Waals surface area (Å²) in [5.41, 5.74) is 0. The Kier molecular flexibility index (Phi) is 10.2. The summed E-state index contributed by atoms with van der Waals surface area (Å²) in [6.45, 7) is 5.91.